The van der Waals surface area contributed by atoms with Crippen molar-refractivity contribution in [2.24, 2.45) is 0 Å². The highest BCUT2D eigenvalue weighted by molar-refractivity contribution is 5.91. The van der Waals surface area contributed by atoms with Crippen molar-refractivity contribution in [1.29, 1.82) is 0 Å². The molecular weight excluding hydrogens is 411 g/mol. The van der Waals surface area contributed by atoms with Crippen LogP contribution in [0.15, 0.2) is 94.5 Å². The maximum Gasteiger partial charge on any atom is 0.352 e. The molecule has 0 bridgehead atoms. The van der Waals surface area contributed by atoms with Crippen LogP contribution in [0.1, 0.15) is 21.6 Å². The van der Waals surface area contributed by atoms with Gasteiger partial charge in [-0.05, 0) is 35.4 Å². The number of hydrogen-bond donors (Lipinski definition) is 1. The lowest BCUT2D eigenvalue weighted by molar-refractivity contribution is 0.0941. The van der Waals surface area contributed by atoms with Gasteiger partial charge in [0.2, 0.25) is 5.69 Å². The molecular formula is C24H19FN4O3. The van der Waals surface area contributed by atoms with Gasteiger partial charge in [0.1, 0.15) is 5.82 Å². The van der Waals surface area contributed by atoms with Crippen molar-refractivity contribution in [3.05, 3.63) is 128 Å². The number of benzene rings is 3. The van der Waals surface area contributed by atoms with E-state index in [0.29, 0.717) is 5.56 Å². The van der Waals surface area contributed by atoms with Gasteiger partial charge in [-0.2, -0.15) is 9.78 Å². The average Bonchev–Trinajstić information content (AvgIpc) is 2.82. The first kappa shape index (κ1) is 20.9. The Morgan fingerprint density at radius 3 is 2.06 bits per heavy atom. The summed E-state index contributed by atoms with van der Waals surface area (Å²) in [5, 5.41) is 6.69. The molecule has 0 aliphatic rings. The zero-order valence-corrected chi connectivity index (χ0v) is 16.9. The Morgan fingerprint density at radius 1 is 0.844 bits per heavy atom. The maximum atomic E-state index is 13.4. The molecule has 0 aliphatic carbocycles. The number of nitrogens with zero attached hydrogens (tertiary/aromatic N) is 3. The van der Waals surface area contributed by atoms with Crippen molar-refractivity contribution in [3.8, 4) is 5.69 Å². The second-order valence-electron chi connectivity index (χ2n) is 7.06. The van der Waals surface area contributed by atoms with Crippen LogP contribution in [0.2, 0.25) is 0 Å². The van der Waals surface area contributed by atoms with Gasteiger partial charge in [0.05, 0.1) is 12.2 Å². The topological polar surface area (TPSA) is 86.0 Å². The lowest BCUT2D eigenvalue weighted by atomic mass is 10.2. The first-order valence-electron chi connectivity index (χ1n) is 9.89. The fourth-order valence-electron chi connectivity index (χ4n) is 3.17. The molecule has 4 aromatic rings. The van der Waals surface area contributed by atoms with Crippen molar-refractivity contribution in [3.63, 3.8) is 0 Å². The van der Waals surface area contributed by atoms with Crippen molar-refractivity contribution >= 4 is 5.91 Å². The highest BCUT2D eigenvalue weighted by Gasteiger charge is 2.20. The van der Waals surface area contributed by atoms with E-state index in [0.717, 1.165) is 14.8 Å². The molecule has 160 valence electrons. The molecule has 0 saturated heterocycles. The minimum absolute atomic E-state index is 0.0405. The molecule has 4 rings (SSSR count). The highest BCUT2D eigenvalue weighted by Crippen LogP contribution is 2.06. The monoisotopic (exact) mass is 430 g/mol. The van der Waals surface area contributed by atoms with E-state index in [-0.39, 0.29) is 18.8 Å². The molecule has 0 radical (unpaired) electrons. The predicted octanol–water partition coefficient (Wildman–Crippen LogP) is 2.51. The third-order valence-corrected chi connectivity index (χ3v) is 4.83. The second-order valence-corrected chi connectivity index (χ2v) is 7.06. The van der Waals surface area contributed by atoms with Gasteiger partial charge in [-0.15, -0.1) is 0 Å². The zero-order chi connectivity index (χ0) is 22.5. The average molecular weight is 430 g/mol. The Balaban J connectivity index is 1.77. The van der Waals surface area contributed by atoms with Crippen LogP contribution in [0.5, 0.6) is 0 Å². The SMILES string of the molecule is O=C(NCc1ccccc1)c1nn(-c2ccc(F)cc2)c(=O)n(Cc2ccccc2)c1=O. The van der Waals surface area contributed by atoms with E-state index in [2.05, 4.69) is 10.4 Å². The summed E-state index contributed by atoms with van der Waals surface area (Å²) in [6.45, 7) is 0.149. The van der Waals surface area contributed by atoms with Gasteiger partial charge in [0, 0.05) is 6.54 Å². The van der Waals surface area contributed by atoms with Crippen LogP contribution in [0, 0.1) is 5.82 Å². The first-order valence-corrected chi connectivity index (χ1v) is 9.89. The number of amides is 1. The summed E-state index contributed by atoms with van der Waals surface area (Å²) in [6.07, 6.45) is 0. The van der Waals surface area contributed by atoms with Gasteiger partial charge in [-0.25, -0.2) is 9.18 Å². The number of hydrogen-bond acceptors (Lipinski definition) is 4. The van der Waals surface area contributed by atoms with Crippen molar-refractivity contribution < 1.29 is 9.18 Å². The maximum absolute atomic E-state index is 13.4. The fourth-order valence-corrected chi connectivity index (χ4v) is 3.17. The smallest absolute Gasteiger partial charge is 0.346 e. The standard InChI is InChI=1S/C24H19FN4O3/c25-19-11-13-20(14-12-19)29-24(32)28(16-18-9-5-2-6-10-18)23(31)21(27-29)22(30)26-15-17-7-3-1-4-8-17/h1-14H,15-16H2,(H,26,30). The molecule has 0 saturated carbocycles. The number of aromatic nitrogens is 3. The molecule has 0 aliphatic heterocycles. The summed E-state index contributed by atoms with van der Waals surface area (Å²) < 4.78 is 15.3. The highest BCUT2D eigenvalue weighted by atomic mass is 19.1. The third-order valence-electron chi connectivity index (χ3n) is 4.83. The van der Waals surface area contributed by atoms with E-state index in [1.807, 2.05) is 36.4 Å². The van der Waals surface area contributed by atoms with Crippen molar-refractivity contribution in [2.45, 2.75) is 13.1 Å². The lowest BCUT2D eigenvalue weighted by Gasteiger charge is -2.12. The van der Waals surface area contributed by atoms with Crippen molar-refractivity contribution in [1.82, 2.24) is 19.7 Å². The van der Waals surface area contributed by atoms with Crippen LogP contribution in [0.3, 0.4) is 0 Å². The molecule has 1 amide bonds. The normalized spacial score (nSPS) is 10.7. The molecule has 0 fully saturated rings. The number of rotatable bonds is 6. The predicted molar refractivity (Wildman–Crippen MR) is 117 cm³/mol. The molecule has 7 nitrogen and oxygen atoms in total. The molecule has 1 aromatic heterocycles. The fraction of sp³-hybridized carbons (Fsp3) is 0.0833. The Bertz CT molecular complexity index is 1350. The molecule has 8 heteroatoms. The van der Waals surface area contributed by atoms with Crippen LogP contribution in [0.4, 0.5) is 4.39 Å². The van der Waals surface area contributed by atoms with Crippen LogP contribution in [0.25, 0.3) is 5.69 Å². The molecule has 1 N–H and O–H groups in total. The van der Waals surface area contributed by atoms with Gasteiger partial charge in [0.25, 0.3) is 11.5 Å². The largest absolute Gasteiger partial charge is 0.352 e. The van der Waals surface area contributed by atoms with Gasteiger partial charge in [-0.1, -0.05) is 60.7 Å². The van der Waals surface area contributed by atoms with E-state index < -0.39 is 28.7 Å². The summed E-state index contributed by atoms with van der Waals surface area (Å²) in [5.41, 5.74) is -0.180. The minimum atomic E-state index is -0.803. The van der Waals surface area contributed by atoms with Crippen LogP contribution in [-0.2, 0) is 13.1 Å². The molecule has 0 unspecified atom stereocenters. The number of halogens is 1. The molecule has 3 aromatic carbocycles. The quantitative estimate of drug-likeness (QED) is 0.509. The van der Waals surface area contributed by atoms with Gasteiger partial charge < -0.3 is 5.32 Å². The van der Waals surface area contributed by atoms with E-state index >= 15 is 0 Å². The lowest BCUT2D eigenvalue weighted by Crippen LogP contribution is -2.46. The van der Waals surface area contributed by atoms with Crippen LogP contribution in [-0.4, -0.2) is 20.3 Å². The van der Waals surface area contributed by atoms with E-state index in [1.165, 1.54) is 24.3 Å². The third kappa shape index (κ3) is 4.54. The van der Waals surface area contributed by atoms with E-state index in [4.69, 9.17) is 0 Å². The second kappa shape index (κ2) is 9.22. The summed E-state index contributed by atoms with van der Waals surface area (Å²) in [5.74, 6) is -1.20. The van der Waals surface area contributed by atoms with Gasteiger partial charge >= 0.3 is 5.69 Å². The Morgan fingerprint density at radius 2 is 1.44 bits per heavy atom. The van der Waals surface area contributed by atoms with Crippen molar-refractivity contribution in [2.75, 3.05) is 0 Å². The van der Waals surface area contributed by atoms with Gasteiger partial charge in [0.15, 0.2) is 0 Å². The van der Waals surface area contributed by atoms with Crippen LogP contribution < -0.4 is 16.6 Å². The summed E-state index contributed by atoms with van der Waals surface area (Å²) in [4.78, 5) is 39.0. The molecule has 1 heterocycles. The summed E-state index contributed by atoms with van der Waals surface area (Å²) in [6, 6.07) is 23.2. The number of nitrogens with one attached hydrogen (secondary N) is 1. The van der Waals surface area contributed by atoms with E-state index in [9.17, 15) is 18.8 Å². The minimum Gasteiger partial charge on any atom is -0.346 e. The van der Waals surface area contributed by atoms with Crippen LogP contribution >= 0.6 is 0 Å². The van der Waals surface area contributed by atoms with Gasteiger partial charge in [-0.3, -0.25) is 14.2 Å². The Kier molecular flexibility index (Phi) is 6.03. The van der Waals surface area contributed by atoms with E-state index in [1.54, 1.807) is 24.3 Å². The molecule has 32 heavy (non-hydrogen) atoms. The summed E-state index contributed by atoms with van der Waals surface area (Å²) in [7, 11) is 0. The zero-order valence-electron chi connectivity index (χ0n) is 16.9. The Hall–Kier alpha value is -4.33. The first-order chi connectivity index (χ1) is 15.5. The molecule has 0 spiro atoms. The Labute approximate surface area is 182 Å². The number of carbonyl (C=O) groups is 1. The molecule has 0 atom stereocenters. The number of carbonyl (C=O) groups excluding carboxylic acids is 1. The summed E-state index contributed by atoms with van der Waals surface area (Å²) >= 11 is 0.